The Kier molecular flexibility index (Phi) is 5.14. The summed E-state index contributed by atoms with van der Waals surface area (Å²) in [7, 11) is 0. The maximum Gasteiger partial charge on any atom is 0.199 e. The van der Waals surface area contributed by atoms with Gasteiger partial charge in [0.05, 0.1) is 22.5 Å². The molecule has 5 rings (SSSR count). The second-order valence-electron chi connectivity index (χ2n) is 8.00. The van der Waals surface area contributed by atoms with Gasteiger partial charge < -0.3 is 15.8 Å². The van der Waals surface area contributed by atoms with Crippen LogP contribution in [0, 0.1) is 0 Å². The Morgan fingerprint density at radius 2 is 1.77 bits per heavy atom. The van der Waals surface area contributed by atoms with Gasteiger partial charge in [-0.1, -0.05) is 12.1 Å². The summed E-state index contributed by atoms with van der Waals surface area (Å²) in [4.78, 5) is 14.6. The van der Waals surface area contributed by atoms with E-state index in [1.54, 1.807) is 12.4 Å². The SMILES string of the molecule is Nc1ccc2c(C(=Nc3ccc(CN4CCCC4)cc3)c3ccncc3)c(O)[nH]c2c1. The average Bonchev–Trinajstić information content (AvgIpc) is 3.40. The number of benzene rings is 2. The molecule has 1 aliphatic rings. The highest BCUT2D eigenvalue weighted by Gasteiger charge is 2.19. The van der Waals surface area contributed by atoms with Crippen LogP contribution in [-0.2, 0) is 6.54 Å². The van der Waals surface area contributed by atoms with Crippen LogP contribution in [-0.4, -0.2) is 38.8 Å². The summed E-state index contributed by atoms with van der Waals surface area (Å²) >= 11 is 0. The zero-order chi connectivity index (χ0) is 21.2. The molecular formula is C25H25N5O. The molecule has 31 heavy (non-hydrogen) atoms. The molecule has 4 aromatic rings. The summed E-state index contributed by atoms with van der Waals surface area (Å²) < 4.78 is 0. The van der Waals surface area contributed by atoms with E-state index in [1.165, 1.54) is 31.5 Å². The van der Waals surface area contributed by atoms with Gasteiger partial charge in [-0.3, -0.25) is 9.88 Å². The van der Waals surface area contributed by atoms with Gasteiger partial charge in [0.15, 0.2) is 5.88 Å². The number of H-pyrrole nitrogens is 1. The van der Waals surface area contributed by atoms with Crippen molar-refractivity contribution in [3.8, 4) is 5.88 Å². The molecule has 6 nitrogen and oxygen atoms in total. The number of hydrogen-bond donors (Lipinski definition) is 3. The van der Waals surface area contributed by atoms with Gasteiger partial charge >= 0.3 is 0 Å². The van der Waals surface area contributed by atoms with Crippen LogP contribution in [0.1, 0.15) is 29.5 Å². The molecule has 0 unspecified atom stereocenters. The monoisotopic (exact) mass is 411 g/mol. The van der Waals surface area contributed by atoms with Crippen molar-refractivity contribution in [3.05, 3.63) is 83.7 Å². The normalized spacial score (nSPS) is 15.0. The molecule has 3 heterocycles. The highest BCUT2D eigenvalue weighted by Crippen LogP contribution is 2.32. The van der Waals surface area contributed by atoms with Crippen molar-refractivity contribution in [2.75, 3.05) is 18.8 Å². The molecule has 1 aliphatic heterocycles. The van der Waals surface area contributed by atoms with Crippen molar-refractivity contribution in [2.45, 2.75) is 19.4 Å². The van der Waals surface area contributed by atoms with Crippen LogP contribution in [0.2, 0.25) is 0 Å². The highest BCUT2D eigenvalue weighted by atomic mass is 16.3. The number of aromatic hydroxyl groups is 1. The summed E-state index contributed by atoms with van der Waals surface area (Å²) in [6.45, 7) is 3.33. The zero-order valence-corrected chi connectivity index (χ0v) is 17.3. The first kappa shape index (κ1) is 19.3. The first-order valence-electron chi connectivity index (χ1n) is 10.6. The van der Waals surface area contributed by atoms with Crippen molar-refractivity contribution in [2.24, 2.45) is 4.99 Å². The summed E-state index contributed by atoms with van der Waals surface area (Å²) in [5.41, 5.74) is 11.7. The third kappa shape index (κ3) is 4.02. The molecule has 4 N–H and O–H groups in total. The molecule has 1 saturated heterocycles. The molecule has 0 atom stereocenters. The first-order valence-corrected chi connectivity index (χ1v) is 10.6. The molecule has 6 heteroatoms. The number of nitrogens with one attached hydrogen (secondary N) is 1. The van der Waals surface area contributed by atoms with Crippen molar-refractivity contribution in [1.29, 1.82) is 0 Å². The van der Waals surface area contributed by atoms with E-state index in [2.05, 4.69) is 27.0 Å². The van der Waals surface area contributed by atoms with Crippen LogP contribution in [0.3, 0.4) is 0 Å². The smallest absolute Gasteiger partial charge is 0.199 e. The molecule has 0 bridgehead atoms. The van der Waals surface area contributed by atoms with Crippen molar-refractivity contribution >= 4 is 28.0 Å². The molecule has 2 aromatic heterocycles. The van der Waals surface area contributed by atoms with Crippen LogP contribution in [0.25, 0.3) is 10.9 Å². The highest BCUT2D eigenvalue weighted by molar-refractivity contribution is 6.22. The first-order chi connectivity index (χ1) is 15.2. The average molecular weight is 412 g/mol. The minimum Gasteiger partial charge on any atom is -0.494 e. The lowest BCUT2D eigenvalue weighted by atomic mass is 10.0. The predicted octanol–water partition coefficient (Wildman–Crippen LogP) is 4.62. The van der Waals surface area contributed by atoms with Crippen LogP contribution in [0.5, 0.6) is 5.88 Å². The van der Waals surface area contributed by atoms with Crippen LogP contribution >= 0.6 is 0 Å². The Hall–Kier alpha value is -3.64. The van der Waals surface area contributed by atoms with Crippen molar-refractivity contribution in [1.82, 2.24) is 14.9 Å². The van der Waals surface area contributed by atoms with Crippen LogP contribution in [0.15, 0.2) is 72.0 Å². The maximum absolute atomic E-state index is 10.7. The maximum atomic E-state index is 10.7. The number of pyridine rings is 1. The number of nitrogens with zero attached hydrogens (tertiary/aromatic N) is 3. The van der Waals surface area contributed by atoms with Crippen molar-refractivity contribution < 1.29 is 5.11 Å². The number of aromatic nitrogens is 2. The number of nitrogen functional groups attached to an aromatic ring is 1. The largest absolute Gasteiger partial charge is 0.494 e. The van der Waals surface area contributed by atoms with E-state index in [0.29, 0.717) is 17.0 Å². The fourth-order valence-electron chi connectivity index (χ4n) is 4.22. The van der Waals surface area contributed by atoms with Gasteiger partial charge in [-0.05, 0) is 74.0 Å². The number of rotatable bonds is 5. The van der Waals surface area contributed by atoms with Gasteiger partial charge in [-0.15, -0.1) is 0 Å². The minimum absolute atomic E-state index is 0.0711. The molecular weight excluding hydrogens is 386 g/mol. The number of hydrogen-bond acceptors (Lipinski definition) is 5. The zero-order valence-electron chi connectivity index (χ0n) is 17.3. The lowest BCUT2D eigenvalue weighted by Gasteiger charge is -2.14. The van der Waals surface area contributed by atoms with Crippen LogP contribution in [0.4, 0.5) is 11.4 Å². The molecule has 0 amide bonds. The number of anilines is 1. The summed E-state index contributed by atoms with van der Waals surface area (Å²) in [5.74, 6) is 0.0711. The van der Waals surface area contributed by atoms with Crippen LogP contribution < -0.4 is 5.73 Å². The van der Waals surface area contributed by atoms with Gasteiger partial charge in [0.25, 0.3) is 0 Å². The fourth-order valence-corrected chi connectivity index (χ4v) is 4.22. The Morgan fingerprint density at radius 1 is 1.03 bits per heavy atom. The lowest BCUT2D eigenvalue weighted by Crippen LogP contribution is -2.18. The van der Waals surface area contributed by atoms with Gasteiger partial charge in [0, 0.05) is 35.6 Å². The molecule has 0 saturated carbocycles. The summed E-state index contributed by atoms with van der Waals surface area (Å²) in [6, 6.07) is 17.7. The van der Waals surface area contributed by atoms with E-state index in [0.717, 1.165) is 28.7 Å². The number of fused-ring (bicyclic) bond motifs is 1. The van der Waals surface area contributed by atoms with E-state index in [9.17, 15) is 5.11 Å². The number of aliphatic imine (C=N–C) groups is 1. The Bertz CT molecular complexity index is 1220. The molecule has 1 fully saturated rings. The molecule has 156 valence electrons. The molecule has 0 spiro atoms. The van der Waals surface area contributed by atoms with Crippen molar-refractivity contribution in [3.63, 3.8) is 0 Å². The minimum atomic E-state index is 0.0711. The number of nitrogens with two attached hydrogens (primary N) is 1. The lowest BCUT2D eigenvalue weighted by molar-refractivity contribution is 0.331. The van der Waals surface area contributed by atoms with E-state index < -0.39 is 0 Å². The van der Waals surface area contributed by atoms with Gasteiger partial charge in [0.2, 0.25) is 0 Å². The topological polar surface area (TPSA) is 90.5 Å². The third-order valence-corrected chi connectivity index (χ3v) is 5.78. The van der Waals surface area contributed by atoms with Gasteiger partial charge in [0.1, 0.15) is 0 Å². The standard InChI is InChI=1S/C25H25N5O/c26-19-5-8-21-22(15-19)29-25(31)23(21)24(18-9-11-27-12-10-18)28-20-6-3-17(4-7-20)16-30-13-1-2-14-30/h3-12,15,29,31H,1-2,13-14,16,26H2. The molecule has 0 radical (unpaired) electrons. The molecule has 0 aliphatic carbocycles. The summed E-state index contributed by atoms with van der Waals surface area (Å²) in [6.07, 6.45) is 6.04. The van der Waals surface area contributed by atoms with Gasteiger partial charge in [-0.2, -0.15) is 0 Å². The summed E-state index contributed by atoms with van der Waals surface area (Å²) in [5, 5.41) is 11.6. The predicted molar refractivity (Wildman–Crippen MR) is 125 cm³/mol. The van der Waals surface area contributed by atoms with E-state index >= 15 is 0 Å². The second-order valence-corrected chi connectivity index (χ2v) is 8.00. The van der Waals surface area contributed by atoms with E-state index in [4.69, 9.17) is 10.7 Å². The Labute approximate surface area is 181 Å². The molecule has 2 aromatic carbocycles. The number of likely N-dealkylation sites (tertiary alicyclic amines) is 1. The quantitative estimate of drug-likeness (QED) is 0.330. The van der Waals surface area contributed by atoms with Gasteiger partial charge in [-0.25, -0.2) is 4.99 Å². The van der Waals surface area contributed by atoms with E-state index in [1.807, 2.05) is 42.5 Å². The third-order valence-electron chi connectivity index (χ3n) is 5.78. The Balaban J connectivity index is 1.56. The number of aromatic amines is 1. The van der Waals surface area contributed by atoms with E-state index in [-0.39, 0.29) is 5.88 Å². The second kappa shape index (κ2) is 8.24. The Morgan fingerprint density at radius 3 is 2.52 bits per heavy atom. The fraction of sp³-hybridized carbons (Fsp3) is 0.200.